The number of para-hydroxylation sites is 1. The molecule has 1 aromatic carbocycles. The molecule has 0 saturated carbocycles. The zero-order chi connectivity index (χ0) is 15.4. The van der Waals surface area contributed by atoms with E-state index in [1.54, 1.807) is 14.2 Å². The summed E-state index contributed by atoms with van der Waals surface area (Å²) in [6.45, 7) is 6.46. The van der Waals surface area contributed by atoms with Crippen LogP contribution in [0.4, 0.5) is 0 Å². The monoisotopic (exact) mass is 294 g/mol. The predicted molar refractivity (Wildman–Crippen MR) is 82.9 cm³/mol. The highest BCUT2D eigenvalue weighted by atomic mass is 16.5. The van der Waals surface area contributed by atoms with Crippen molar-refractivity contribution < 1.29 is 14.2 Å². The Bertz CT molecular complexity index is 457. The molecule has 21 heavy (non-hydrogen) atoms. The van der Waals surface area contributed by atoms with Gasteiger partial charge in [0.25, 0.3) is 0 Å². The van der Waals surface area contributed by atoms with Gasteiger partial charge in [-0.05, 0) is 19.9 Å². The summed E-state index contributed by atoms with van der Waals surface area (Å²) < 4.78 is 16.8. The number of nitrogens with two attached hydrogens (primary N) is 1. The van der Waals surface area contributed by atoms with Crippen molar-refractivity contribution in [1.82, 2.24) is 4.90 Å². The van der Waals surface area contributed by atoms with Crippen LogP contribution < -0.4 is 15.2 Å². The third-order valence-electron chi connectivity index (χ3n) is 3.90. The third-order valence-corrected chi connectivity index (χ3v) is 3.90. The van der Waals surface area contributed by atoms with Crippen molar-refractivity contribution in [3.8, 4) is 11.5 Å². The quantitative estimate of drug-likeness (QED) is 0.897. The van der Waals surface area contributed by atoms with Crippen LogP contribution in [-0.2, 0) is 4.74 Å². The van der Waals surface area contributed by atoms with Crippen molar-refractivity contribution in [2.75, 3.05) is 33.9 Å². The van der Waals surface area contributed by atoms with Crippen molar-refractivity contribution in [2.45, 2.75) is 32.1 Å². The minimum atomic E-state index is 0.101. The molecule has 5 heteroatoms. The average molecular weight is 294 g/mol. The van der Waals surface area contributed by atoms with Gasteiger partial charge in [-0.15, -0.1) is 0 Å². The Morgan fingerprint density at radius 3 is 2.43 bits per heavy atom. The second kappa shape index (κ2) is 7.11. The maximum absolute atomic E-state index is 6.06. The first-order valence-corrected chi connectivity index (χ1v) is 7.41. The molecule has 1 fully saturated rings. The van der Waals surface area contributed by atoms with Crippen LogP contribution in [0.25, 0.3) is 0 Å². The fourth-order valence-electron chi connectivity index (χ4n) is 3.12. The summed E-state index contributed by atoms with van der Waals surface area (Å²) in [7, 11) is 3.32. The zero-order valence-corrected chi connectivity index (χ0v) is 13.3. The molecule has 2 rings (SSSR count). The van der Waals surface area contributed by atoms with E-state index in [1.807, 2.05) is 12.1 Å². The summed E-state index contributed by atoms with van der Waals surface area (Å²) in [5, 5.41) is 0. The van der Waals surface area contributed by atoms with Crippen LogP contribution in [0.3, 0.4) is 0 Å². The second-order valence-corrected chi connectivity index (χ2v) is 5.55. The number of nitrogens with zero attached hydrogens (tertiary/aromatic N) is 1. The Morgan fingerprint density at radius 2 is 1.90 bits per heavy atom. The first kappa shape index (κ1) is 16.1. The number of methoxy groups -OCH3 is 2. The maximum Gasteiger partial charge on any atom is 0.165 e. The molecule has 1 saturated heterocycles. The van der Waals surface area contributed by atoms with Gasteiger partial charge in [-0.2, -0.15) is 0 Å². The van der Waals surface area contributed by atoms with E-state index in [0.29, 0.717) is 6.54 Å². The predicted octanol–water partition coefficient (Wildman–Crippen LogP) is 1.81. The lowest BCUT2D eigenvalue weighted by Crippen LogP contribution is -2.48. The Labute approximate surface area is 127 Å². The highest BCUT2D eigenvalue weighted by Crippen LogP contribution is 2.37. The van der Waals surface area contributed by atoms with Gasteiger partial charge in [0.2, 0.25) is 0 Å². The molecule has 0 unspecified atom stereocenters. The van der Waals surface area contributed by atoms with E-state index >= 15 is 0 Å². The van der Waals surface area contributed by atoms with E-state index in [-0.39, 0.29) is 18.2 Å². The number of morpholine rings is 1. The maximum atomic E-state index is 6.06. The van der Waals surface area contributed by atoms with Crippen LogP contribution in [0.15, 0.2) is 18.2 Å². The summed E-state index contributed by atoms with van der Waals surface area (Å²) in [6.07, 6.45) is 0.416. The van der Waals surface area contributed by atoms with E-state index in [9.17, 15) is 0 Å². The molecule has 2 N–H and O–H groups in total. The lowest BCUT2D eigenvalue weighted by Gasteiger charge is -2.40. The Hall–Kier alpha value is -1.30. The largest absolute Gasteiger partial charge is 0.493 e. The first-order valence-electron chi connectivity index (χ1n) is 7.41. The lowest BCUT2D eigenvalue weighted by atomic mass is 10.0. The minimum absolute atomic E-state index is 0.101. The van der Waals surface area contributed by atoms with E-state index in [0.717, 1.165) is 30.2 Å². The molecule has 118 valence electrons. The summed E-state index contributed by atoms with van der Waals surface area (Å²) >= 11 is 0. The first-order chi connectivity index (χ1) is 10.1. The van der Waals surface area contributed by atoms with Gasteiger partial charge in [-0.1, -0.05) is 12.1 Å². The zero-order valence-electron chi connectivity index (χ0n) is 13.3. The van der Waals surface area contributed by atoms with E-state index in [4.69, 9.17) is 19.9 Å². The standard InChI is InChI=1S/C16H26N2O3/c1-11-9-18(10-12(2)21-11)14(8-17)13-6-5-7-15(19-3)16(13)20-4/h5-7,11-12,14H,8-10,17H2,1-4H3/t11-,12-,14+/m1/s1. The van der Waals surface area contributed by atoms with Gasteiger partial charge in [0.1, 0.15) is 0 Å². The number of rotatable bonds is 5. The molecule has 3 atom stereocenters. The van der Waals surface area contributed by atoms with Gasteiger partial charge in [-0.25, -0.2) is 0 Å². The van der Waals surface area contributed by atoms with E-state index in [1.165, 1.54) is 0 Å². The van der Waals surface area contributed by atoms with Gasteiger partial charge in [-0.3, -0.25) is 4.90 Å². The molecule has 5 nitrogen and oxygen atoms in total. The van der Waals surface area contributed by atoms with Crippen LogP contribution >= 0.6 is 0 Å². The van der Waals surface area contributed by atoms with Crippen molar-refractivity contribution >= 4 is 0 Å². The van der Waals surface area contributed by atoms with Gasteiger partial charge in [0, 0.05) is 25.2 Å². The summed E-state index contributed by atoms with van der Waals surface area (Å²) in [6, 6.07) is 6.04. The van der Waals surface area contributed by atoms with E-state index < -0.39 is 0 Å². The number of hydrogen-bond acceptors (Lipinski definition) is 5. The van der Waals surface area contributed by atoms with Crippen LogP contribution in [0, 0.1) is 0 Å². The number of ether oxygens (including phenoxy) is 3. The van der Waals surface area contributed by atoms with E-state index in [2.05, 4.69) is 24.8 Å². The number of hydrogen-bond donors (Lipinski definition) is 1. The SMILES string of the molecule is COc1cccc([C@H](CN)N2C[C@@H](C)O[C@H](C)C2)c1OC. The molecule has 1 aromatic rings. The molecule has 0 spiro atoms. The second-order valence-electron chi connectivity index (χ2n) is 5.55. The topological polar surface area (TPSA) is 57.0 Å². The summed E-state index contributed by atoms with van der Waals surface area (Å²) in [5.41, 5.74) is 7.13. The molecule has 1 heterocycles. The summed E-state index contributed by atoms with van der Waals surface area (Å²) in [4.78, 5) is 2.37. The highest BCUT2D eigenvalue weighted by molar-refractivity contribution is 5.48. The molecule has 0 amide bonds. The molecule has 0 radical (unpaired) electrons. The normalized spacial score (nSPS) is 24.6. The minimum Gasteiger partial charge on any atom is -0.493 e. The Balaban J connectivity index is 2.32. The molecule has 1 aliphatic rings. The molecular formula is C16H26N2O3. The van der Waals surface area contributed by atoms with Crippen molar-refractivity contribution in [1.29, 1.82) is 0 Å². The Kier molecular flexibility index (Phi) is 5.45. The highest BCUT2D eigenvalue weighted by Gasteiger charge is 2.30. The Morgan fingerprint density at radius 1 is 1.24 bits per heavy atom. The fraction of sp³-hybridized carbons (Fsp3) is 0.625. The van der Waals surface area contributed by atoms with Crippen LogP contribution in [0.1, 0.15) is 25.5 Å². The van der Waals surface area contributed by atoms with Crippen LogP contribution in [0.5, 0.6) is 11.5 Å². The molecular weight excluding hydrogens is 268 g/mol. The average Bonchev–Trinajstić information content (AvgIpc) is 2.46. The smallest absolute Gasteiger partial charge is 0.165 e. The van der Waals surface area contributed by atoms with Gasteiger partial charge in [0.15, 0.2) is 11.5 Å². The van der Waals surface area contributed by atoms with Crippen molar-refractivity contribution in [3.05, 3.63) is 23.8 Å². The molecule has 0 aliphatic carbocycles. The summed E-state index contributed by atoms with van der Waals surface area (Å²) in [5.74, 6) is 1.50. The fourth-order valence-corrected chi connectivity index (χ4v) is 3.12. The van der Waals surface area contributed by atoms with Gasteiger partial charge < -0.3 is 19.9 Å². The van der Waals surface area contributed by atoms with Crippen molar-refractivity contribution in [3.63, 3.8) is 0 Å². The van der Waals surface area contributed by atoms with Gasteiger partial charge >= 0.3 is 0 Å². The third kappa shape index (κ3) is 3.48. The van der Waals surface area contributed by atoms with Crippen molar-refractivity contribution in [2.24, 2.45) is 5.73 Å². The molecule has 1 aliphatic heterocycles. The van der Waals surface area contributed by atoms with Crippen LogP contribution in [0.2, 0.25) is 0 Å². The number of benzene rings is 1. The lowest BCUT2D eigenvalue weighted by molar-refractivity contribution is -0.0801. The molecule has 0 aromatic heterocycles. The van der Waals surface area contributed by atoms with Gasteiger partial charge in [0.05, 0.1) is 32.5 Å². The molecule has 0 bridgehead atoms. The van der Waals surface area contributed by atoms with Crippen LogP contribution in [-0.4, -0.2) is 51.0 Å².